The average molecular weight is 365 g/mol. The fourth-order valence-electron chi connectivity index (χ4n) is 2.80. The summed E-state index contributed by atoms with van der Waals surface area (Å²) in [6.07, 6.45) is -0.175. The Labute approximate surface area is 148 Å². The lowest BCUT2D eigenvalue weighted by Crippen LogP contribution is -2.32. The Hall–Kier alpha value is -2.30. The number of pyridine rings is 2. The minimum absolute atomic E-state index is 0.141. The molecular formula is C17H15ClF2N4O. The minimum Gasteiger partial charge on any atom is -0.381 e. The van der Waals surface area contributed by atoms with Gasteiger partial charge in [0.15, 0.2) is 0 Å². The Morgan fingerprint density at radius 1 is 1.24 bits per heavy atom. The zero-order valence-electron chi connectivity index (χ0n) is 13.2. The molecule has 0 atom stereocenters. The number of halogens is 3. The topological polar surface area (TPSA) is 70.8 Å². The normalized spacial score (nSPS) is 16.4. The van der Waals surface area contributed by atoms with Gasteiger partial charge in [-0.15, -0.1) is 0 Å². The molecule has 8 heteroatoms. The van der Waals surface area contributed by atoms with E-state index in [1.807, 2.05) is 0 Å². The van der Waals surface area contributed by atoms with Gasteiger partial charge in [0.25, 0.3) is 6.43 Å². The number of rotatable bonds is 4. The van der Waals surface area contributed by atoms with E-state index in [0.29, 0.717) is 31.9 Å². The summed E-state index contributed by atoms with van der Waals surface area (Å²) in [6, 6.07) is 8.23. The highest BCUT2D eigenvalue weighted by Crippen LogP contribution is 2.36. The monoisotopic (exact) mass is 364 g/mol. The third-order valence-electron chi connectivity index (χ3n) is 4.20. The van der Waals surface area contributed by atoms with Crippen molar-refractivity contribution in [2.75, 3.05) is 18.5 Å². The molecule has 0 amide bonds. The number of nitriles is 1. The van der Waals surface area contributed by atoms with Crippen LogP contribution in [0.4, 0.5) is 20.4 Å². The molecule has 0 radical (unpaired) electrons. The zero-order chi connectivity index (χ0) is 17.9. The van der Waals surface area contributed by atoms with E-state index in [-0.39, 0.29) is 16.5 Å². The molecule has 0 bridgehead atoms. The molecule has 3 heterocycles. The largest absolute Gasteiger partial charge is 0.381 e. The summed E-state index contributed by atoms with van der Waals surface area (Å²) in [7, 11) is 0. The van der Waals surface area contributed by atoms with Gasteiger partial charge in [0, 0.05) is 25.0 Å². The van der Waals surface area contributed by atoms with Crippen molar-refractivity contribution < 1.29 is 13.5 Å². The average Bonchev–Trinajstić information content (AvgIpc) is 2.62. The van der Waals surface area contributed by atoms with E-state index in [1.165, 1.54) is 18.3 Å². The number of hydrogen-bond acceptors (Lipinski definition) is 5. The third kappa shape index (κ3) is 3.86. The van der Waals surface area contributed by atoms with Crippen molar-refractivity contribution in [1.82, 2.24) is 9.97 Å². The van der Waals surface area contributed by atoms with Gasteiger partial charge in [0.05, 0.1) is 11.5 Å². The second-order valence-electron chi connectivity index (χ2n) is 5.77. The first-order valence-electron chi connectivity index (χ1n) is 7.71. The number of aromatic nitrogens is 2. The van der Waals surface area contributed by atoms with Crippen LogP contribution in [0, 0.1) is 11.3 Å². The summed E-state index contributed by atoms with van der Waals surface area (Å²) in [6.45, 7) is 0.989. The summed E-state index contributed by atoms with van der Waals surface area (Å²) in [5.41, 5.74) is -0.108. The maximum Gasteiger partial charge on any atom is 0.264 e. The summed E-state index contributed by atoms with van der Waals surface area (Å²) < 4.78 is 31.0. The molecule has 5 nitrogen and oxygen atoms in total. The summed E-state index contributed by atoms with van der Waals surface area (Å²) in [4.78, 5) is 8.16. The Bertz CT molecular complexity index is 803. The molecule has 1 aliphatic rings. The first-order valence-corrected chi connectivity index (χ1v) is 8.08. The standard InChI is InChI=1S/C17H15ClF2N4O/c18-13-8-12(17(10-21)2-5-25-6-3-17)9-15(23-13)24-14-7-11(16(19)20)1-4-22-14/h1,4,7-9,16H,2-3,5-6H2,(H,22,23,24). The van der Waals surface area contributed by atoms with Crippen LogP contribution in [-0.2, 0) is 10.2 Å². The number of nitrogens with one attached hydrogen (secondary N) is 1. The molecule has 2 aromatic heterocycles. The third-order valence-corrected chi connectivity index (χ3v) is 4.39. The van der Waals surface area contributed by atoms with Crippen LogP contribution in [0.25, 0.3) is 0 Å². The minimum atomic E-state index is -2.59. The van der Waals surface area contributed by atoms with E-state index < -0.39 is 11.8 Å². The molecule has 2 aromatic rings. The van der Waals surface area contributed by atoms with Crippen molar-refractivity contribution in [2.45, 2.75) is 24.7 Å². The fourth-order valence-corrected chi connectivity index (χ4v) is 3.01. The molecule has 0 saturated carbocycles. The molecule has 0 unspecified atom stereocenters. The van der Waals surface area contributed by atoms with Crippen LogP contribution in [0.5, 0.6) is 0 Å². The lowest BCUT2D eigenvalue weighted by molar-refractivity contribution is 0.0675. The van der Waals surface area contributed by atoms with Crippen LogP contribution < -0.4 is 5.32 Å². The van der Waals surface area contributed by atoms with Crippen molar-refractivity contribution in [3.8, 4) is 6.07 Å². The predicted octanol–water partition coefficient (Wildman–Crippen LogP) is 4.38. The van der Waals surface area contributed by atoms with Gasteiger partial charge in [-0.3, -0.25) is 0 Å². The number of alkyl halides is 2. The van der Waals surface area contributed by atoms with Crippen LogP contribution in [0.2, 0.25) is 5.15 Å². The number of hydrogen-bond donors (Lipinski definition) is 1. The maximum absolute atomic E-state index is 12.8. The van der Waals surface area contributed by atoms with E-state index in [0.717, 1.165) is 5.56 Å². The molecule has 1 fully saturated rings. The number of ether oxygens (including phenoxy) is 1. The van der Waals surface area contributed by atoms with Gasteiger partial charge >= 0.3 is 0 Å². The van der Waals surface area contributed by atoms with Gasteiger partial charge < -0.3 is 10.1 Å². The van der Waals surface area contributed by atoms with Crippen molar-refractivity contribution in [3.63, 3.8) is 0 Å². The Morgan fingerprint density at radius 3 is 2.68 bits per heavy atom. The summed E-state index contributed by atoms with van der Waals surface area (Å²) in [5.74, 6) is 0.582. The molecular weight excluding hydrogens is 350 g/mol. The van der Waals surface area contributed by atoms with Gasteiger partial charge in [0.1, 0.15) is 16.8 Å². The van der Waals surface area contributed by atoms with Crippen molar-refractivity contribution >= 4 is 23.2 Å². The van der Waals surface area contributed by atoms with E-state index in [9.17, 15) is 14.0 Å². The first-order chi connectivity index (χ1) is 12.0. The molecule has 130 valence electrons. The van der Waals surface area contributed by atoms with Gasteiger partial charge in [0.2, 0.25) is 0 Å². The smallest absolute Gasteiger partial charge is 0.264 e. The lowest BCUT2D eigenvalue weighted by atomic mass is 9.76. The van der Waals surface area contributed by atoms with E-state index in [4.69, 9.17) is 16.3 Å². The molecule has 3 rings (SSSR count). The quantitative estimate of drug-likeness (QED) is 0.815. The highest BCUT2D eigenvalue weighted by Gasteiger charge is 2.35. The lowest BCUT2D eigenvalue weighted by Gasteiger charge is -2.31. The molecule has 0 spiro atoms. The second kappa shape index (κ2) is 7.30. The van der Waals surface area contributed by atoms with Gasteiger partial charge in [-0.2, -0.15) is 5.26 Å². The molecule has 25 heavy (non-hydrogen) atoms. The molecule has 1 aliphatic heterocycles. The van der Waals surface area contributed by atoms with Crippen molar-refractivity contribution in [1.29, 1.82) is 5.26 Å². The van der Waals surface area contributed by atoms with Gasteiger partial charge in [-0.1, -0.05) is 11.6 Å². The highest BCUT2D eigenvalue weighted by molar-refractivity contribution is 6.29. The van der Waals surface area contributed by atoms with Crippen LogP contribution in [0.1, 0.15) is 30.4 Å². The number of anilines is 2. The van der Waals surface area contributed by atoms with Crippen LogP contribution in [-0.4, -0.2) is 23.2 Å². The van der Waals surface area contributed by atoms with Gasteiger partial charge in [-0.25, -0.2) is 18.7 Å². The molecule has 1 N–H and O–H groups in total. The van der Waals surface area contributed by atoms with E-state index in [2.05, 4.69) is 21.4 Å². The van der Waals surface area contributed by atoms with Crippen molar-refractivity contribution in [3.05, 3.63) is 46.7 Å². The van der Waals surface area contributed by atoms with Gasteiger partial charge in [-0.05, 0) is 42.7 Å². The summed E-state index contributed by atoms with van der Waals surface area (Å²) >= 11 is 6.10. The highest BCUT2D eigenvalue weighted by atomic mass is 35.5. The summed E-state index contributed by atoms with van der Waals surface area (Å²) in [5, 5.41) is 12.8. The SMILES string of the molecule is N#CC1(c2cc(Cl)nc(Nc3cc(C(F)F)ccn3)c2)CCOCC1. The molecule has 0 aliphatic carbocycles. The molecule has 1 saturated heterocycles. The zero-order valence-corrected chi connectivity index (χ0v) is 13.9. The predicted molar refractivity (Wildman–Crippen MR) is 89.1 cm³/mol. The van der Waals surface area contributed by atoms with Crippen LogP contribution in [0.3, 0.4) is 0 Å². The Morgan fingerprint density at radius 2 is 2.00 bits per heavy atom. The Kier molecular flexibility index (Phi) is 5.11. The maximum atomic E-state index is 12.8. The first kappa shape index (κ1) is 17.5. The van der Waals surface area contributed by atoms with Crippen LogP contribution >= 0.6 is 11.6 Å². The fraction of sp³-hybridized carbons (Fsp3) is 0.353. The number of nitrogens with zero attached hydrogens (tertiary/aromatic N) is 3. The van der Waals surface area contributed by atoms with E-state index in [1.54, 1.807) is 12.1 Å². The van der Waals surface area contributed by atoms with E-state index >= 15 is 0 Å². The van der Waals surface area contributed by atoms with Crippen molar-refractivity contribution in [2.24, 2.45) is 0 Å². The van der Waals surface area contributed by atoms with Crippen LogP contribution in [0.15, 0.2) is 30.5 Å². The molecule has 0 aromatic carbocycles. The second-order valence-corrected chi connectivity index (χ2v) is 6.16. The Balaban J connectivity index is 1.92.